The molecule has 0 atom stereocenters. The van der Waals surface area contributed by atoms with E-state index in [1.165, 1.54) is 25.7 Å². The Morgan fingerprint density at radius 1 is 1.36 bits per heavy atom. The minimum atomic E-state index is 0.0847. The smallest absolute Gasteiger partial charge is 0.0962 e. The highest BCUT2D eigenvalue weighted by Gasteiger charge is 2.16. The summed E-state index contributed by atoms with van der Waals surface area (Å²) in [4.78, 5) is 4.32. The monoisotopic (exact) mass is 209 g/mol. The zero-order valence-electron chi connectivity index (χ0n) is 8.15. The Bertz CT molecular complexity index is 280. The minimum Gasteiger partial charge on any atom is -0.392 e. The second kappa shape index (κ2) is 4.80. The summed E-state index contributed by atoms with van der Waals surface area (Å²) in [5.41, 5.74) is 0.890. The number of pyridine rings is 1. The second-order valence-corrected chi connectivity index (χ2v) is 5.01. The van der Waals surface area contributed by atoms with Crippen molar-refractivity contribution in [3.05, 3.63) is 23.9 Å². The Morgan fingerprint density at radius 3 is 2.71 bits per heavy atom. The standard InChI is InChI=1S/C11H15NOS/c13-8-9-5-6-11(12-7-9)14-10-3-1-2-4-10/h5-7,10,13H,1-4,8H2. The molecule has 0 amide bonds. The minimum absolute atomic E-state index is 0.0847. The molecule has 76 valence electrons. The molecule has 1 N–H and O–H groups in total. The van der Waals surface area contributed by atoms with Crippen LogP contribution < -0.4 is 0 Å². The lowest BCUT2D eigenvalue weighted by atomic mass is 10.3. The van der Waals surface area contributed by atoms with Crippen LogP contribution in [0.3, 0.4) is 0 Å². The zero-order chi connectivity index (χ0) is 9.80. The van der Waals surface area contributed by atoms with Crippen molar-refractivity contribution in [2.75, 3.05) is 0 Å². The van der Waals surface area contributed by atoms with Crippen molar-refractivity contribution < 1.29 is 5.11 Å². The van der Waals surface area contributed by atoms with Crippen LogP contribution in [0, 0.1) is 0 Å². The molecule has 1 aromatic rings. The van der Waals surface area contributed by atoms with Crippen molar-refractivity contribution in [1.29, 1.82) is 0 Å². The number of hydrogen-bond donors (Lipinski definition) is 1. The average molecular weight is 209 g/mol. The fourth-order valence-corrected chi connectivity index (χ4v) is 2.92. The molecule has 3 heteroatoms. The molecule has 2 rings (SSSR count). The van der Waals surface area contributed by atoms with Gasteiger partial charge in [-0.3, -0.25) is 0 Å². The summed E-state index contributed by atoms with van der Waals surface area (Å²) in [7, 11) is 0. The van der Waals surface area contributed by atoms with Gasteiger partial charge in [0.25, 0.3) is 0 Å². The first-order chi connectivity index (χ1) is 6.88. The lowest BCUT2D eigenvalue weighted by Crippen LogP contribution is -1.95. The molecule has 1 aliphatic carbocycles. The second-order valence-electron chi connectivity index (χ2n) is 3.69. The van der Waals surface area contributed by atoms with Crippen molar-refractivity contribution >= 4 is 11.8 Å². The molecule has 1 heterocycles. The van der Waals surface area contributed by atoms with E-state index in [2.05, 4.69) is 4.98 Å². The predicted octanol–water partition coefficient (Wildman–Crippen LogP) is 2.61. The Kier molecular flexibility index (Phi) is 3.43. The van der Waals surface area contributed by atoms with Crippen molar-refractivity contribution in [2.24, 2.45) is 0 Å². The van der Waals surface area contributed by atoms with Crippen LogP contribution in [0.1, 0.15) is 31.2 Å². The van der Waals surface area contributed by atoms with Gasteiger partial charge in [0, 0.05) is 11.4 Å². The summed E-state index contributed by atoms with van der Waals surface area (Å²) in [5.74, 6) is 0. The maximum absolute atomic E-state index is 8.87. The summed E-state index contributed by atoms with van der Waals surface area (Å²) < 4.78 is 0. The molecule has 0 bridgehead atoms. The molecular weight excluding hydrogens is 194 g/mol. The molecule has 1 fully saturated rings. The van der Waals surface area contributed by atoms with Crippen LogP contribution >= 0.6 is 11.8 Å². The third-order valence-electron chi connectivity index (χ3n) is 2.57. The molecule has 2 nitrogen and oxygen atoms in total. The largest absolute Gasteiger partial charge is 0.392 e. The number of thioether (sulfide) groups is 1. The third kappa shape index (κ3) is 2.49. The summed E-state index contributed by atoms with van der Waals surface area (Å²) >= 11 is 1.88. The van der Waals surface area contributed by atoms with Crippen LogP contribution in [-0.4, -0.2) is 15.3 Å². The van der Waals surface area contributed by atoms with E-state index >= 15 is 0 Å². The molecule has 0 aromatic carbocycles. The Labute approximate surface area is 88.8 Å². The number of aromatic nitrogens is 1. The van der Waals surface area contributed by atoms with Gasteiger partial charge in [-0.1, -0.05) is 18.9 Å². The number of aliphatic hydroxyl groups is 1. The highest BCUT2D eigenvalue weighted by atomic mass is 32.2. The van der Waals surface area contributed by atoms with E-state index in [-0.39, 0.29) is 6.61 Å². The molecule has 0 aliphatic heterocycles. The van der Waals surface area contributed by atoms with Crippen LogP contribution in [0.2, 0.25) is 0 Å². The predicted molar refractivity (Wildman–Crippen MR) is 58.3 cm³/mol. The lowest BCUT2D eigenvalue weighted by Gasteiger charge is -2.07. The van der Waals surface area contributed by atoms with E-state index < -0.39 is 0 Å². The van der Waals surface area contributed by atoms with Gasteiger partial charge in [0.15, 0.2) is 0 Å². The van der Waals surface area contributed by atoms with Crippen LogP contribution in [0.4, 0.5) is 0 Å². The number of aliphatic hydroxyl groups excluding tert-OH is 1. The fourth-order valence-electron chi connectivity index (χ4n) is 1.75. The van der Waals surface area contributed by atoms with Crippen LogP contribution in [0.25, 0.3) is 0 Å². The molecule has 0 saturated heterocycles. The van der Waals surface area contributed by atoms with Gasteiger partial charge in [0.2, 0.25) is 0 Å². The van der Waals surface area contributed by atoms with Gasteiger partial charge in [0.05, 0.1) is 11.6 Å². The molecule has 1 aromatic heterocycles. The normalized spacial score (nSPS) is 17.5. The molecule has 1 aliphatic rings. The van der Waals surface area contributed by atoms with Gasteiger partial charge in [0.1, 0.15) is 0 Å². The average Bonchev–Trinajstić information content (AvgIpc) is 2.72. The van der Waals surface area contributed by atoms with Gasteiger partial charge in [-0.15, -0.1) is 11.8 Å². The topological polar surface area (TPSA) is 33.1 Å². The highest BCUT2D eigenvalue weighted by molar-refractivity contribution is 7.99. The number of rotatable bonds is 3. The highest BCUT2D eigenvalue weighted by Crippen LogP contribution is 2.33. The Hall–Kier alpha value is -0.540. The van der Waals surface area contributed by atoms with Crippen LogP contribution in [-0.2, 0) is 6.61 Å². The number of hydrogen-bond acceptors (Lipinski definition) is 3. The van der Waals surface area contributed by atoms with Gasteiger partial charge >= 0.3 is 0 Å². The van der Waals surface area contributed by atoms with Gasteiger partial charge in [-0.05, 0) is 24.5 Å². The van der Waals surface area contributed by atoms with E-state index in [0.717, 1.165) is 15.8 Å². The molecule has 0 radical (unpaired) electrons. The van der Waals surface area contributed by atoms with Gasteiger partial charge in [-0.2, -0.15) is 0 Å². The van der Waals surface area contributed by atoms with Crippen LogP contribution in [0.5, 0.6) is 0 Å². The van der Waals surface area contributed by atoms with Gasteiger partial charge < -0.3 is 5.11 Å². The summed E-state index contributed by atoms with van der Waals surface area (Å²) in [6.45, 7) is 0.0847. The first-order valence-corrected chi connectivity index (χ1v) is 5.99. The summed E-state index contributed by atoms with van der Waals surface area (Å²) in [6, 6.07) is 3.96. The molecule has 14 heavy (non-hydrogen) atoms. The van der Waals surface area contributed by atoms with Crippen molar-refractivity contribution in [1.82, 2.24) is 4.98 Å². The Balaban J connectivity index is 1.95. The SMILES string of the molecule is OCc1ccc(SC2CCCC2)nc1. The lowest BCUT2D eigenvalue weighted by molar-refractivity contribution is 0.281. The molecule has 0 spiro atoms. The first-order valence-electron chi connectivity index (χ1n) is 5.11. The van der Waals surface area contributed by atoms with E-state index in [4.69, 9.17) is 5.11 Å². The van der Waals surface area contributed by atoms with E-state index in [1.54, 1.807) is 6.20 Å². The zero-order valence-corrected chi connectivity index (χ0v) is 8.96. The first kappa shape index (κ1) is 9.99. The molecule has 1 saturated carbocycles. The van der Waals surface area contributed by atoms with Crippen LogP contribution in [0.15, 0.2) is 23.4 Å². The van der Waals surface area contributed by atoms with E-state index in [9.17, 15) is 0 Å². The molecular formula is C11H15NOS. The molecule has 0 unspecified atom stereocenters. The van der Waals surface area contributed by atoms with Crippen molar-refractivity contribution in [2.45, 2.75) is 42.6 Å². The van der Waals surface area contributed by atoms with Crippen molar-refractivity contribution in [3.8, 4) is 0 Å². The number of nitrogens with zero attached hydrogens (tertiary/aromatic N) is 1. The third-order valence-corrected chi connectivity index (χ3v) is 3.86. The Morgan fingerprint density at radius 2 is 2.14 bits per heavy atom. The summed E-state index contributed by atoms with van der Waals surface area (Å²) in [5, 5.41) is 10.7. The maximum atomic E-state index is 8.87. The van der Waals surface area contributed by atoms with E-state index in [1.807, 2.05) is 23.9 Å². The fraction of sp³-hybridized carbons (Fsp3) is 0.545. The summed E-state index contributed by atoms with van der Waals surface area (Å²) in [6.07, 6.45) is 7.15. The maximum Gasteiger partial charge on any atom is 0.0962 e. The van der Waals surface area contributed by atoms with E-state index in [0.29, 0.717) is 0 Å². The quantitative estimate of drug-likeness (QED) is 0.830. The van der Waals surface area contributed by atoms with Crippen molar-refractivity contribution in [3.63, 3.8) is 0 Å². The van der Waals surface area contributed by atoms with Gasteiger partial charge in [-0.25, -0.2) is 4.98 Å².